The number of nitro groups is 1. The third-order valence-corrected chi connectivity index (χ3v) is 5.69. The van der Waals surface area contributed by atoms with Crippen LogP contribution in [0.4, 0.5) is 11.4 Å². The van der Waals surface area contributed by atoms with Crippen LogP contribution in [0.3, 0.4) is 0 Å². The van der Waals surface area contributed by atoms with E-state index >= 15 is 0 Å². The Morgan fingerprint density at radius 1 is 1.15 bits per heavy atom. The number of nitrogens with zero attached hydrogens (tertiary/aromatic N) is 4. The molecule has 2 aliphatic heterocycles. The van der Waals surface area contributed by atoms with Gasteiger partial charge in [-0.3, -0.25) is 19.8 Å². The van der Waals surface area contributed by atoms with E-state index in [0.717, 1.165) is 45.0 Å². The summed E-state index contributed by atoms with van der Waals surface area (Å²) in [5.74, 6) is 1.41. The maximum atomic E-state index is 12.7. The van der Waals surface area contributed by atoms with Crippen molar-refractivity contribution in [1.82, 2.24) is 9.80 Å². The topological polar surface area (TPSA) is 69.9 Å². The van der Waals surface area contributed by atoms with Gasteiger partial charge in [0.2, 0.25) is 5.91 Å². The van der Waals surface area contributed by atoms with E-state index in [-0.39, 0.29) is 16.5 Å². The van der Waals surface area contributed by atoms with Crippen molar-refractivity contribution >= 4 is 17.3 Å². The van der Waals surface area contributed by atoms with Gasteiger partial charge in [0, 0.05) is 56.6 Å². The van der Waals surface area contributed by atoms with E-state index in [1.807, 2.05) is 17.0 Å². The SMILES string of the molecule is Cc1cc(N2CCN(CC(=O)N3CC(C)CC(C)C3)CC2)ccc1[N+](=O)[O-]. The molecule has 0 bridgehead atoms. The van der Waals surface area contributed by atoms with E-state index < -0.39 is 0 Å². The zero-order chi connectivity index (χ0) is 19.6. The van der Waals surface area contributed by atoms with E-state index in [9.17, 15) is 14.9 Å². The second-order valence-corrected chi connectivity index (χ2v) is 8.24. The normalized spacial score (nSPS) is 24.1. The van der Waals surface area contributed by atoms with Crippen LogP contribution in [0.2, 0.25) is 0 Å². The van der Waals surface area contributed by atoms with Gasteiger partial charge in [0.05, 0.1) is 11.5 Å². The Bertz CT molecular complexity index is 690. The highest BCUT2D eigenvalue weighted by atomic mass is 16.6. The molecular weight excluding hydrogens is 344 g/mol. The number of piperazine rings is 1. The van der Waals surface area contributed by atoms with Crippen LogP contribution < -0.4 is 4.90 Å². The average Bonchev–Trinajstić information content (AvgIpc) is 2.61. The third kappa shape index (κ3) is 4.77. The van der Waals surface area contributed by atoms with Crippen molar-refractivity contribution in [2.75, 3.05) is 50.7 Å². The van der Waals surface area contributed by atoms with Crippen LogP contribution in [0, 0.1) is 28.9 Å². The van der Waals surface area contributed by atoms with Crippen LogP contribution in [0.25, 0.3) is 0 Å². The average molecular weight is 374 g/mol. The number of hydrogen-bond acceptors (Lipinski definition) is 5. The number of anilines is 1. The number of aryl methyl sites for hydroxylation is 1. The molecule has 2 unspecified atom stereocenters. The summed E-state index contributed by atoms with van der Waals surface area (Å²) in [6, 6.07) is 5.29. The quantitative estimate of drug-likeness (QED) is 0.598. The van der Waals surface area contributed by atoms with Crippen molar-refractivity contribution in [2.45, 2.75) is 27.2 Å². The Labute approximate surface area is 161 Å². The van der Waals surface area contributed by atoms with Gasteiger partial charge in [-0.2, -0.15) is 0 Å². The molecule has 3 rings (SSSR count). The first kappa shape index (κ1) is 19.6. The predicted molar refractivity (Wildman–Crippen MR) is 106 cm³/mol. The molecule has 27 heavy (non-hydrogen) atoms. The van der Waals surface area contributed by atoms with Gasteiger partial charge in [0.1, 0.15) is 0 Å². The molecule has 148 valence electrons. The molecule has 0 radical (unpaired) electrons. The zero-order valence-electron chi connectivity index (χ0n) is 16.6. The molecule has 0 aromatic heterocycles. The monoisotopic (exact) mass is 374 g/mol. The minimum absolute atomic E-state index is 0.160. The Morgan fingerprint density at radius 3 is 2.33 bits per heavy atom. The molecule has 1 aromatic carbocycles. The summed E-state index contributed by atoms with van der Waals surface area (Å²) >= 11 is 0. The Hall–Kier alpha value is -2.15. The number of nitro benzene ring substituents is 1. The number of carbonyl (C=O) groups excluding carboxylic acids is 1. The minimum Gasteiger partial charge on any atom is -0.369 e. The lowest BCUT2D eigenvalue weighted by atomic mass is 9.92. The molecule has 7 nitrogen and oxygen atoms in total. The summed E-state index contributed by atoms with van der Waals surface area (Å²) in [6.07, 6.45) is 1.21. The zero-order valence-corrected chi connectivity index (χ0v) is 16.6. The third-order valence-electron chi connectivity index (χ3n) is 5.69. The highest BCUT2D eigenvalue weighted by Gasteiger charge is 2.27. The smallest absolute Gasteiger partial charge is 0.272 e. The summed E-state index contributed by atoms with van der Waals surface area (Å²) < 4.78 is 0. The molecule has 2 aliphatic rings. The van der Waals surface area contributed by atoms with Crippen LogP contribution in [-0.4, -0.2) is 66.4 Å². The van der Waals surface area contributed by atoms with Gasteiger partial charge in [-0.15, -0.1) is 0 Å². The molecule has 0 saturated carbocycles. The van der Waals surface area contributed by atoms with Crippen molar-refractivity contribution in [3.8, 4) is 0 Å². The molecule has 0 aliphatic carbocycles. The van der Waals surface area contributed by atoms with Crippen molar-refractivity contribution in [1.29, 1.82) is 0 Å². The summed E-state index contributed by atoms with van der Waals surface area (Å²) in [7, 11) is 0. The van der Waals surface area contributed by atoms with Crippen LogP contribution in [-0.2, 0) is 4.79 Å². The van der Waals surface area contributed by atoms with Crippen LogP contribution in [0.15, 0.2) is 18.2 Å². The molecule has 0 spiro atoms. The van der Waals surface area contributed by atoms with Gasteiger partial charge >= 0.3 is 0 Å². The predicted octanol–water partition coefficient (Wildman–Crippen LogP) is 2.53. The highest BCUT2D eigenvalue weighted by molar-refractivity contribution is 5.78. The molecule has 1 amide bonds. The highest BCUT2D eigenvalue weighted by Crippen LogP contribution is 2.25. The number of carbonyl (C=O) groups is 1. The van der Waals surface area contributed by atoms with Crippen LogP contribution in [0.5, 0.6) is 0 Å². The van der Waals surface area contributed by atoms with Crippen molar-refractivity contribution in [2.24, 2.45) is 11.8 Å². The summed E-state index contributed by atoms with van der Waals surface area (Å²) in [5, 5.41) is 11.0. The van der Waals surface area contributed by atoms with Crippen LogP contribution in [0.1, 0.15) is 25.8 Å². The van der Waals surface area contributed by atoms with Crippen LogP contribution >= 0.6 is 0 Å². The van der Waals surface area contributed by atoms with E-state index in [4.69, 9.17) is 0 Å². The first-order valence-corrected chi connectivity index (χ1v) is 9.83. The van der Waals surface area contributed by atoms with Gasteiger partial charge < -0.3 is 9.80 Å². The lowest BCUT2D eigenvalue weighted by Gasteiger charge is -2.39. The van der Waals surface area contributed by atoms with Gasteiger partial charge in [-0.1, -0.05) is 13.8 Å². The molecule has 2 fully saturated rings. The second-order valence-electron chi connectivity index (χ2n) is 8.24. The van der Waals surface area contributed by atoms with Gasteiger partial charge in [-0.25, -0.2) is 0 Å². The van der Waals surface area contributed by atoms with E-state index in [2.05, 4.69) is 23.6 Å². The molecule has 7 heteroatoms. The maximum Gasteiger partial charge on any atom is 0.272 e. The first-order valence-electron chi connectivity index (χ1n) is 9.83. The Morgan fingerprint density at radius 2 is 1.78 bits per heavy atom. The fraction of sp³-hybridized carbons (Fsp3) is 0.650. The van der Waals surface area contributed by atoms with E-state index in [1.54, 1.807) is 13.0 Å². The van der Waals surface area contributed by atoms with E-state index in [0.29, 0.717) is 23.9 Å². The van der Waals surface area contributed by atoms with Crippen molar-refractivity contribution < 1.29 is 9.72 Å². The second kappa shape index (κ2) is 8.25. The van der Waals surface area contributed by atoms with E-state index in [1.165, 1.54) is 6.42 Å². The molecule has 1 aromatic rings. The summed E-state index contributed by atoms with van der Waals surface area (Å²) in [4.78, 5) is 29.8. The van der Waals surface area contributed by atoms with Crippen molar-refractivity contribution in [3.63, 3.8) is 0 Å². The number of amides is 1. The van der Waals surface area contributed by atoms with Crippen molar-refractivity contribution in [3.05, 3.63) is 33.9 Å². The number of hydrogen-bond donors (Lipinski definition) is 0. The first-order chi connectivity index (χ1) is 12.8. The fourth-order valence-electron chi connectivity index (χ4n) is 4.36. The number of rotatable bonds is 4. The number of piperidine rings is 1. The summed E-state index contributed by atoms with van der Waals surface area (Å²) in [5.41, 5.74) is 1.86. The number of benzene rings is 1. The molecular formula is C20H30N4O3. The standard InChI is InChI=1S/C20H30N4O3/c1-15-10-16(2)13-23(12-15)20(25)14-21-6-8-22(9-7-21)18-4-5-19(24(26)27)17(3)11-18/h4-5,11,15-16H,6-10,12-14H2,1-3H3. The molecule has 2 atom stereocenters. The fourth-order valence-corrected chi connectivity index (χ4v) is 4.36. The van der Waals surface area contributed by atoms with Gasteiger partial charge in [0.25, 0.3) is 5.69 Å². The molecule has 2 saturated heterocycles. The minimum atomic E-state index is -0.342. The Balaban J connectivity index is 1.52. The maximum absolute atomic E-state index is 12.7. The number of likely N-dealkylation sites (tertiary alicyclic amines) is 1. The molecule has 2 heterocycles. The lowest BCUT2D eigenvalue weighted by molar-refractivity contribution is -0.385. The molecule has 0 N–H and O–H groups in total. The Kier molecular flexibility index (Phi) is 5.99. The van der Waals surface area contributed by atoms with Gasteiger partial charge in [0.15, 0.2) is 0 Å². The summed E-state index contributed by atoms with van der Waals surface area (Å²) in [6.45, 7) is 11.8. The van der Waals surface area contributed by atoms with Gasteiger partial charge in [-0.05, 0) is 37.3 Å². The largest absolute Gasteiger partial charge is 0.369 e. The lowest BCUT2D eigenvalue weighted by Crippen LogP contribution is -2.52.